The first-order valence-corrected chi connectivity index (χ1v) is 6.25. The van der Waals surface area contributed by atoms with Crippen molar-refractivity contribution in [1.82, 2.24) is 5.32 Å². The van der Waals surface area contributed by atoms with Crippen LogP contribution in [0.3, 0.4) is 0 Å². The quantitative estimate of drug-likeness (QED) is 0.831. The molecule has 0 radical (unpaired) electrons. The molecule has 0 saturated heterocycles. The molecule has 1 unspecified atom stereocenters. The second-order valence-electron chi connectivity index (χ2n) is 4.82. The van der Waals surface area contributed by atoms with Crippen molar-refractivity contribution in [1.29, 1.82) is 0 Å². The van der Waals surface area contributed by atoms with Crippen LogP contribution in [0.2, 0.25) is 0 Å². The van der Waals surface area contributed by atoms with E-state index in [1.165, 1.54) is 11.1 Å². The van der Waals surface area contributed by atoms with Gasteiger partial charge in [-0.2, -0.15) is 0 Å². The van der Waals surface area contributed by atoms with Gasteiger partial charge in [-0.3, -0.25) is 0 Å². The van der Waals surface area contributed by atoms with Gasteiger partial charge in [0.2, 0.25) is 0 Å². The Kier molecular flexibility index (Phi) is 4.02. The number of aryl methyl sites for hydroxylation is 1. The standard InChI is InChI=1S/C14H21NO2/c1-10(9-16)15-13-5-3-11-4-6-14(17-2)8-12(11)7-13/h4,6,8,10,13,15-16H,3,5,7,9H2,1-2H3/t10-,13?/m1/s1. The van der Waals surface area contributed by atoms with Crippen molar-refractivity contribution < 1.29 is 9.84 Å². The molecule has 0 bridgehead atoms. The molecule has 0 saturated carbocycles. The van der Waals surface area contributed by atoms with Gasteiger partial charge in [0.25, 0.3) is 0 Å². The smallest absolute Gasteiger partial charge is 0.119 e. The molecular weight excluding hydrogens is 214 g/mol. The van der Waals surface area contributed by atoms with Crippen molar-refractivity contribution in [2.45, 2.75) is 38.3 Å². The molecule has 1 aliphatic carbocycles. The summed E-state index contributed by atoms with van der Waals surface area (Å²) in [6, 6.07) is 6.97. The highest BCUT2D eigenvalue weighted by atomic mass is 16.5. The molecule has 0 amide bonds. The number of nitrogens with one attached hydrogen (secondary N) is 1. The molecule has 0 heterocycles. The number of hydrogen-bond acceptors (Lipinski definition) is 3. The zero-order chi connectivity index (χ0) is 12.3. The Morgan fingerprint density at radius 2 is 2.29 bits per heavy atom. The number of fused-ring (bicyclic) bond motifs is 1. The van der Waals surface area contributed by atoms with Crippen LogP contribution >= 0.6 is 0 Å². The molecule has 0 fully saturated rings. The van der Waals surface area contributed by atoms with Crippen molar-refractivity contribution in [2.75, 3.05) is 13.7 Å². The highest BCUT2D eigenvalue weighted by Gasteiger charge is 2.19. The third-order valence-corrected chi connectivity index (χ3v) is 3.44. The van der Waals surface area contributed by atoms with Gasteiger partial charge in [0.1, 0.15) is 5.75 Å². The van der Waals surface area contributed by atoms with Crippen molar-refractivity contribution in [2.24, 2.45) is 0 Å². The molecular formula is C14H21NO2. The van der Waals surface area contributed by atoms with Crippen molar-refractivity contribution >= 4 is 0 Å². The van der Waals surface area contributed by atoms with E-state index in [0.717, 1.165) is 25.0 Å². The fourth-order valence-corrected chi connectivity index (χ4v) is 2.46. The van der Waals surface area contributed by atoms with Crippen LogP contribution in [0.25, 0.3) is 0 Å². The number of benzene rings is 1. The molecule has 2 atom stereocenters. The summed E-state index contributed by atoms with van der Waals surface area (Å²) in [5.41, 5.74) is 2.80. The minimum absolute atomic E-state index is 0.173. The first-order chi connectivity index (χ1) is 8.22. The lowest BCUT2D eigenvalue weighted by Gasteiger charge is -2.28. The number of aliphatic hydroxyl groups is 1. The largest absolute Gasteiger partial charge is 0.497 e. The van der Waals surface area contributed by atoms with Gasteiger partial charge in [-0.15, -0.1) is 0 Å². The van der Waals surface area contributed by atoms with Gasteiger partial charge in [0.15, 0.2) is 0 Å². The summed E-state index contributed by atoms with van der Waals surface area (Å²) in [5.74, 6) is 0.930. The van der Waals surface area contributed by atoms with Gasteiger partial charge >= 0.3 is 0 Å². The van der Waals surface area contributed by atoms with E-state index in [1.54, 1.807) is 7.11 Å². The lowest BCUT2D eigenvalue weighted by Crippen LogP contribution is -2.41. The van der Waals surface area contributed by atoms with E-state index in [-0.39, 0.29) is 12.6 Å². The van der Waals surface area contributed by atoms with Crippen LogP contribution < -0.4 is 10.1 Å². The summed E-state index contributed by atoms with van der Waals surface area (Å²) in [5, 5.41) is 12.5. The van der Waals surface area contributed by atoms with Gasteiger partial charge in [-0.05, 0) is 49.4 Å². The van der Waals surface area contributed by atoms with E-state index in [9.17, 15) is 0 Å². The van der Waals surface area contributed by atoms with Crippen LogP contribution in [0.1, 0.15) is 24.5 Å². The minimum atomic E-state index is 0.173. The topological polar surface area (TPSA) is 41.5 Å². The second-order valence-corrected chi connectivity index (χ2v) is 4.82. The van der Waals surface area contributed by atoms with Gasteiger partial charge in [0, 0.05) is 12.1 Å². The number of hydrogen-bond donors (Lipinski definition) is 2. The molecule has 1 aliphatic rings. The summed E-state index contributed by atoms with van der Waals surface area (Å²) in [6.07, 6.45) is 3.27. The maximum absolute atomic E-state index is 9.06. The Morgan fingerprint density at radius 3 is 3.00 bits per heavy atom. The summed E-state index contributed by atoms with van der Waals surface area (Å²) in [4.78, 5) is 0. The minimum Gasteiger partial charge on any atom is -0.497 e. The predicted octanol–water partition coefficient (Wildman–Crippen LogP) is 1.52. The summed E-state index contributed by atoms with van der Waals surface area (Å²) < 4.78 is 5.26. The van der Waals surface area contributed by atoms with Crippen LogP contribution in [0.15, 0.2) is 18.2 Å². The Balaban J connectivity index is 2.06. The van der Waals surface area contributed by atoms with E-state index in [4.69, 9.17) is 9.84 Å². The van der Waals surface area contributed by atoms with Crippen LogP contribution in [0.4, 0.5) is 0 Å². The second kappa shape index (κ2) is 5.52. The number of ether oxygens (including phenoxy) is 1. The van der Waals surface area contributed by atoms with Gasteiger partial charge in [-0.1, -0.05) is 6.07 Å². The Morgan fingerprint density at radius 1 is 1.47 bits per heavy atom. The molecule has 3 heteroatoms. The van der Waals surface area contributed by atoms with Crippen molar-refractivity contribution in [3.63, 3.8) is 0 Å². The molecule has 2 N–H and O–H groups in total. The SMILES string of the molecule is COc1ccc2c(c1)CC(N[C@H](C)CO)CC2. The summed E-state index contributed by atoms with van der Waals surface area (Å²) >= 11 is 0. The Labute approximate surface area is 103 Å². The number of methoxy groups -OCH3 is 1. The van der Waals surface area contributed by atoms with Crippen molar-refractivity contribution in [3.8, 4) is 5.75 Å². The molecule has 17 heavy (non-hydrogen) atoms. The zero-order valence-corrected chi connectivity index (χ0v) is 10.6. The maximum Gasteiger partial charge on any atom is 0.119 e. The normalized spacial score (nSPS) is 20.8. The van der Waals surface area contributed by atoms with Crippen LogP contribution in [-0.2, 0) is 12.8 Å². The van der Waals surface area contributed by atoms with Gasteiger partial charge in [-0.25, -0.2) is 0 Å². The highest BCUT2D eigenvalue weighted by Crippen LogP contribution is 2.25. The zero-order valence-electron chi connectivity index (χ0n) is 10.6. The van der Waals surface area contributed by atoms with E-state index >= 15 is 0 Å². The fourth-order valence-electron chi connectivity index (χ4n) is 2.46. The van der Waals surface area contributed by atoms with E-state index < -0.39 is 0 Å². The summed E-state index contributed by atoms with van der Waals surface area (Å²) in [6.45, 7) is 2.21. The molecule has 94 valence electrons. The molecule has 3 nitrogen and oxygen atoms in total. The van der Waals surface area contributed by atoms with E-state index in [2.05, 4.69) is 17.4 Å². The monoisotopic (exact) mass is 235 g/mol. The average Bonchev–Trinajstić information content (AvgIpc) is 2.37. The molecule has 0 aliphatic heterocycles. The Bertz CT molecular complexity index is 378. The van der Waals surface area contributed by atoms with Crippen molar-refractivity contribution in [3.05, 3.63) is 29.3 Å². The van der Waals surface area contributed by atoms with E-state index in [0.29, 0.717) is 6.04 Å². The van der Waals surface area contributed by atoms with Crippen LogP contribution in [-0.4, -0.2) is 30.9 Å². The van der Waals surface area contributed by atoms with Crippen LogP contribution in [0.5, 0.6) is 5.75 Å². The highest BCUT2D eigenvalue weighted by molar-refractivity contribution is 5.37. The molecule has 0 aromatic heterocycles. The summed E-state index contributed by atoms with van der Waals surface area (Å²) in [7, 11) is 1.70. The number of aliphatic hydroxyl groups excluding tert-OH is 1. The maximum atomic E-state index is 9.06. The Hall–Kier alpha value is -1.06. The van der Waals surface area contributed by atoms with E-state index in [1.807, 2.05) is 13.0 Å². The lowest BCUT2D eigenvalue weighted by molar-refractivity contribution is 0.236. The molecule has 0 spiro atoms. The lowest BCUT2D eigenvalue weighted by atomic mass is 9.88. The first-order valence-electron chi connectivity index (χ1n) is 6.25. The third-order valence-electron chi connectivity index (χ3n) is 3.44. The molecule has 1 aromatic rings. The third kappa shape index (κ3) is 2.99. The number of rotatable bonds is 4. The van der Waals surface area contributed by atoms with Gasteiger partial charge < -0.3 is 15.2 Å². The fraction of sp³-hybridized carbons (Fsp3) is 0.571. The molecule has 1 aromatic carbocycles. The van der Waals surface area contributed by atoms with Gasteiger partial charge in [0.05, 0.1) is 13.7 Å². The molecule has 2 rings (SSSR count). The average molecular weight is 235 g/mol. The van der Waals surface area contributed by atoms with Crippen LogP contribution in [0, 0.1) is 0 Å². The first kappa shape index (κ1) is 12.4. The predicted molar refractivity (Wildman–Crippen MR) is 68.5 cm³/mol.